The maximum Gasteiger partial charge on any atom is 0.291 e. The van der Waals surface area contributed by atoms with E-state index in [1.807, 2.05) is 67.7 Å². The number of hydrogen-bond acceptors (Lipinski definition) is 5. The molecule has 0 aliphatic rings. The van der Waals surface area contributed by atoms with Crippen LogP contribution in [-0.2, 0) is 0 Å². The molecule has 0 saturated heterocycles. The number of rotatable bonds is 4. The summed E-state index contributed by atoms with van der Waals surface area (Å²) in [6.07, 6.45) is 3.66. The second-order valence-electron chi connectivity index (χ2n) is 8.08. The molecular formula is C27H18FN5OS. The first kappa shape index (κ1) is 21.1. The van der Waals surface area contributed by atoms with Crippen LogP contribution in [0, 0.1) is 12.7 Å². The Balaban J connectivity index is 1.50. The quantitative estimate of drug-likeness (QED) is 0.369. The van der Waals surface area contributed by atoms with Gasteiger partial charge in [0.05, 0.1) is 10.2 Å². The van der Waals surface area contributed by atoms with Gasteiger partial charge in [-0.15, -0.1) is 5.10 Å². The number of halogens is 1. The highest BCUT2D eigenvalue weighted by Gasteiger charge is 2.15. The van der Waals surface area contributed by atoms with Gasteiger partial charge in [-0.3, -0.25) is 4.79 Å². The van der Waals surface area contributed by atoms with E-state index in [1.165, 1.54) is 28.0 Å². The van der Waals surface area contributed by atoms with Crippen molar-refractivity contribution in [2.75, 3.05) is 0 Å². The first-order valence-electron chi connectivity index (χ1n) is 11.0. The third-order valence-corrected chi connectivity index (χ3v) is 6.69. The Hall–Kier alpha value is -4.43. The summed E-state index contributed by atoms with van der Waals surface area (Å²) in [6.45, 7) is 1.99. The van der Waals surface area contributed by atoms with Gasteiger partial charge in [-0.25, -0.2) is 9.07 Å². The Labute approximate surface area is 203 Å². The van der Waals surface area contributed by atoms with E-state index in [4.69, 9.17) is 5.10 Å². The zero-order valence-electron chi connectivity index (χ0n) is 18.6. The number of nitrogens with zero attached hydrogens (tertiary/aromatic N) is 5. The van der Waals surface area contributed by atoms with Gasteiger partial charge in [-0.1, -0.05) is 53.8 Å². The molecule has 0 bridgehead atoms. The number of aromatic nitrogens is 5. The lowest BCUT2D eigenvalue weighted by atomic mass is 10.1. The van der Waals surface area contributed by atoms with Crippen molar-refractivity contribution in [1.29, 1.82) is 0 Å². The van der Waals surface area contributed by atoms with Crippen molar-refractivity contribution in [2.24, 2.45) is 0 Å². The monoisotopic (exact) mass is 479 g/mol. The SMILES string of the molecule is Cc1ccccc1-c1nc2sc(=Cc3cn(-c4ccccc4)nc3-c3ccc(F)cc3)c(=O)n2n1. The molecule has 0 atom stereocenters. The molecule has 6 aromatic rings. The van der Waals surface area contributed by atoms with Gasteiger partial charge in [0.25, 0.3) is 5.56 Å². The molecule has 0 aliphatic heterocycles. The average molecular weight is 480 g/mol. The van der Waals surface area contributed by atoms with Crippen molar-refractivity contribution < 1.29 is 4.39 Å². The number of aryl methyl sites for hydroxylation is 1. The van der Waals surface area contributed by atoms with E-state index >= 15 is 0 Å². The Morgan fingerprint density at radius 1 is 0.914 bits per heavy atom. The third kappa shape index (κ3) is 3.83. The fraction of sp³-hybridized carbons (Fsp3) is 0.0370. The number of benzene rings is 3. The van der Waals surface area contributed by atoms with Crippen molar-refractivity contribution in [2.45, 2.75) is 6.92 Å². The van der Waals surface area contributed by atoms with Gasteiger partial charge in [0.1, 0.15) is 11.5 Å². The standard InChI is InChI=1S/C27H18FN5OS/c1-17-7-5-6-10-22(17)25-29-27-33(31-25)26(34)23(35-27)15-19-16-32(21-8-3-2-4-9-21)30-24(19)18-11-13-20(28)14-12-18/h2-16H,1H3. The van der Waals surface area contributed by atoms with E-state index in [0.29, 0.717) is 21.0 Å². The van der Waals surface area contributed by atoms with Gasteiger partial charge >= 0.3 is 0 Å². The van der Waals surface area contributed by atoms with Gasteiger partial charge in [-0.05, 0) is 55.0 Å². The van der Waals surface area contributed by atoms with Gasteiger partial charge in [0, 0.05) is 22.9 Å². The molecule has 0 aliphatic carbocycles. The minimum absolute atomic E-state index is 0.241. The number of thiazole rings is 1. The molecule has 3 aromatic carbocycles. The molecule has 0 N–H and O–H groups in total. The predicted octanol–water partition coefficient (Wildman–Crippen LogP) is 4.67. The van der Waals surface area contributed by atoms with Gasteiger partial charge in [0.15, 0.2) is 5.82 Å². The zero-order chi connectivity index (χ0) is 23.9. The zero-order valence-corrected chi connectivity index (χ0v) is 19.4. The largest absolute Gasteiger partial charge is 0.291 e. The summed E-state index contributed by atoms with van der Waals surface area (Å²) in [6, 6.07) is 23.7. The van der Waals surface area contributed by atoms with Crippen LogP contribution in [0.4, 0.5) is 4.39 Å². The molecule has 3 aromatic heterocycles. The van der Waals surface area contributed by atoms with Crippen molar-refractivity contribution in [3.8, 4) is 28.3 Å². The highest BCUT2D eigenvalue weighted by atomic mass is 32.1. The van der Waals surface area contributed by atoms with Crippen molar-refractivity contribution in [3.63, 3.8) is 0 Å². The number of para-hydroxylation sites is 1. The molecule has 8 heteroatoms. The predicted molar refractivity (Wildman–Crippen MR) is 135 cm³/mol. The molecule has 0 radical (unpaired) electrons. The van der Waals surface area contributed by atoms with E-state index in [-0.39, 0.29) is 11.4 Å². The lowest BCUT2D eigenvalue weighted by Crippen LogP contribution is -2.23. The van der Waals surface area contributed by atoms with Gasteiger partial charge < -0.3 is 0 Å². The van der Waals surface area contributed by atoms with Crippen molar-refractivity contribution in [1.82, 2.24) is 24.4 Å². The molecule has 0 spiro atoms. The molecule has 0 amide bonds. The van der Waals surface area contributed by atoms with Crippen LogP contribution in [0.15, 0.2) is 89.9 Å². The van der Waals surface area contributed by atoms with Crippen LogP contribution in [0.25, 0.3) is 39.4 Å². The van der Waals surface area contributed by atoms with Crippen LogP contribution < -0.4 is 10.1 Å². The minimum atomic E-state index is -0.321. The summed E-state index contributed by atoms with van der Waals surface area (Å²) in [5, 5.41) is 9.21. The van der Waals surface area contributed by atoms with Crippen LogP contribution in [-0.4, -0.2) is 24.4 Å². The fourth-order valence-electron chi connectivity index (χ4n) is 3.95. The molecule has 35 heavy (non-hydrogen) atoms. The number of fused-ring (bicyclic) bond motifs is 1. The second-order valence-corrected chi connectivity index (χ2v) is 9.09. The molecule has 0 unspecified atom stereocenters. The molecule has 0 fully saturated rings. The van der Waals surface area contributed by atoms with Crippen molar-refractivity contribution >= 4 is 22.4 Å². The molecule has 6 nitrogen and oxygen atoms in total. The molecule has 0 saturated carbocycles. The topological polar surface area (TPSA) is 65.1 Å². The van der Waals surface area contributed by atoms with Crippen LogP contribution >= 0.6 is 11.3 Å². The van der Waals surface area contributed by atoms with E-state index < -0.39 is 0 Å². The van der Waals surface area contributed by atoms with Crippen molar-refractivity contribution in [3.05, 3.63) is 117 Å². The van der Waals surface area contributed by atoms with E-state index in [0.717, 1.165) is 27.9 Å². The summed E-state index contributed by atoms with van der Waals surface area (Å²) < 4.78 is 17.1. The minimum Gasteiger partial charge on any atom is -0.266 e. The van der Waals surface area contributed by atoms with E-state index in [1.54, 1.807) is 22.9 Å². The highest BCUT2D eigenvalue weighted by molar-refractivity contribution is 7.15. The van der Waals surface area contributed by atoms with Crippen LogP contribution in [0.3, 0.4) is 0 Å². The smallest absolute Gasteiger partial charge is 0.266 e. The van der Waals surface area contributed by atoms with Crippen LogP contribution in [0.5, 0.6) is 0 Å². The molecular weight excluding hydrogens is 461 g/mol. The fourth-order valence-corrected chi connectivity index (χ4v) is 4.85. The summed E-state index contributed by atoms with van der Waals surface area (Å²) in [4.78, 5) is 18.3. The second kappa shape index (κ2) is 8.41. The Kier molecular flexibility index (Phi) is 5.08. The Bertz CT molecular complexity index is 1790. The average Bonchev–Trinajstić information content (AvgIpc) is 3.56. The Morgan fingerprint density at radius 2 is 1.66 bits per heavy atom. The maximum absolute atomic E-state index is 13.5. The maximum atomic E-state index is 13.5. The van der Waals surface area contributed by atoms with Gasteiger partial charge in [0.2, 0.25) is 4.96 Å². The lowest BCUT2D eigenvalue weighted by molar-refractivity contribution is 0.628. The summed E-state index contributed by atoms with van der Waals surface area (Å²) in [7, 11) is 0. The van der Waals surface area contributed by atoms with Crippen LogP contribution in [0.2, 0.25) is 0 Å². The van der Waals surface area contributed by atoms with E-state index in [2.05, 4.69) is 10.1 Å². The van der Waals surface area contributed by atoms with E-state index in [9.17, 15) is 9.18 Å². The first-order valence-corrected chi connectivity index (χ1v) is 11.8. The first-order chi connectivity index (χ1) is 17.1. The molecule has 170 valence electrons. The van der Waals surface area contributed by atoms with Crippen LogP contribution in [0.1, 0.15) is 11.1 Å². The number of hydrogen-bond donors (Lipinski definition) is 0. The lowest BCUT2D eigenvalue weighted by Gasteiger charge is -2.00. The third-order valence-electron chi connectivity index (χ3n) is 5.74. The normalized spacial score (nSPS) is 12.0. The molecule has 6 rings (SSSR count). The summed E-state index contributed by atoms with van der Waals surface area (Å²) in [5.74, 6) is 0.209. The Morgan fingerprint density at radius 3 is 2.40 bits per heavy atom. The summed E-state index contributed by atoms with van der Waals surface area (Å²) in [5.41, 5.74) is 4.71. The molecule has 3 heterocycles. The summed E-state index contributed by atoms with van der Waals surface area (Å²) >= 11 is 1.28. The van der Waals surface area contributed by atoms with Gasteiger partial charge in [-0.2, -0.15) is 14.6 Å². The highest BCUT2D eigenvalue weighted by Crippen LogP contribution is 2.25.